The number of carbonyl (C=O) groups excluding carboxylic acids is 3. The third kappa shape index (κ3) is 4.59. The number of hydrogen-bond acceptors (Lipinski definition) is 6. The first-order valence-electron chi connectivity index (χ1n) is 12.9. The van der Waals surface area contributed by atoms with Crippen molar-refractivity contribution in [1.29, 1.82) is 0 Å². The minimum Gasteiger partial charge on any atom is -0.457 e. The Labute approximate surface area is 218 Å². The smallest absolute Gasteiger partial charge is 0.303 e. The van der Waals surface area contributed by atoms with E-state index in [2.05, 4.69) is 11.9 Å². The number of rotatable bonds is 3. The molecule has 9 unspecified atom stereocenters. The van der Waals surface area contributed by atoms with Crippen molar-refractivity contribution in [1.82, 2.24) is 5.32 Å². The van der Waals surface area contributed by atoms with Crippen molar-refractivity contribution in [3.8, 4) is 0 Å². The van der Waals surface area contributed by atoms with Gasteiger partial charge in [0.25, 0.3) is 0 Å². The summed E-state index contributed by atoms with van der Waals surface area (Å²) in [7, 11) is 0. The Balaban J connectivity index is 1.94. The van der Waals surface area contributed by atoms with Crippen molar-refractivity contribution in [2.24, 2.45) is 29.1 Å². The SMILES string of the molecule is C=C1C(C)C2C(Cc3ccccc3)NC(=O)C23C(OC(C)=O)/C=C\C(C)(O)C(=O)C(C)C/C=C/C3C1O. The quantitative estimate of drug-likeness (QED) is 0.428. The highest BCUT2D eigenvalue weighted by Crippen LogP contribution is 2.58. The van der Waals surface area contributed by atoms with Crippen LogP contribution in [0.15, 0.2) is 66.8 Å². The van der Waals surface area contributed by atoms with Gasteiger partial charge in [-0.1, -0.05) is 62.9 Å². The molecule has 1 heterocycles. The number of Topliss-reactive ketones (excluding diaryl/α,β-unsaturated/α-hetero) is 1. The van der Waals surface area contributed by atoms with Gasteiger partial charge in [-0.25, -0.2) is 0 Å². The molecule has 1 amide bonds. The number of hydrogen-bond donors (Lipinski definition) is 3. The molecular weight excluding hydrogens is 470 g/mol. The van der Waals surface area contributed by atoms with Gasteiger partial charge in [0.1, 0.15) is 17.1 Å². The standard InChI is InChI=1S/C30H37NO6/c1-17-10-9-13-22-26(33)19(3)18(2)25-23(16-21-11-7-6-8-12-21)31-28(35)30(22,25)24(37-20(4)32)14-15-29(5,36)27(17)34/h6-9,11-15,17-18,22-26,33,36H,3,10,16H2,1-2,4-5H3,(H,31,35)/b13-9+,15-14-. The fraction of sp³-hybridized carbons (Fsp3) is 0.500. The van der Waals surface area contributed by atoms with Crippen LogP contribution in [0.4, 0.5) is 0 Å². The molecule has 7 heteroatoms. The van der Waals surface area contributed by atoms with E-state index < -0.39 is 46.9 Å². The molecule has 2 aliphatic carbocycles. The zero-order chi connectivity index (χ0) is 27.1. The third-order valence-electron chi connectivity index (χ3n) is 8.53. The molecule has 0 radical (unpaired) electrons. The Kier molecular flexibility index (Phi) is 7.32. The third-order valence-corrected chi connectivity index (χ3v) is 8.53. The highest BCUT2D eigenvalue weighted by atomic mass is 16.5. The van der Waals surface area contributed by atoms with Gasteiger partial charge in [0.2, 0.25) is 5.91 Å². The number of benzene rings is 1. The summed E-state index contributed by atoms with van der Waals surface area (Å²) in [5.41, 5.74) is -1.55. The maximum atomic E-state index is 14.2. The van der Waals surface area contributed by atoms with Gasteiger partial charge in [-0.05, 0) is 49.0 Å². The second-order valence-electron chi connectivity index (χ2n) is 11.0. The van der Waals surface area contributed by atoms with Crippen molar-refractivity contribution in [2.75, 3.05) is 0 Å². The lowest BCUT2D eigenvalue weighted by molar-refractivity contribution is -0.166. The number of aliphatic hydroxyl groups is 2. The number of aliphatic hydroxyl groups excluding tert-OH is 1. The van der Waals surface area contributed by atoms with Crippen molar-refractivity contribution < 1.29 is 29.3 Å². The van der Waals surface area contributed by atoms with Crippen LogP contribution in [0.1, 0.15) is 39.7 Å². The summed E-state index contributed by atoms with van der Waals surface area (Å²) < 4.78 is 5.81. The van der Waals surface area contributed by atoms with Crippen LogP contribution in [0.2, 0.25) is 0 Å². The van der Waals surface area contributed by atoms with Crippen molar-refractivity contribution in [2.45, 2.75) is 64.4 Å². The molecule has 1 spiro atoms. The summed E-state index contributed by atoms with van der Waals surface area (Å²) in [6, 6.07) is 9.49. The highest BCUT2D eigenvalue weighted by Gasteiger charge is 2.68. The molecule has 198 valence electrons. The van der Waals surface area contributed by atoms with Crippen LogP contribution < -0.4 is 5.32 Å². The molecule has 1 saturated heterocycles. The van der Waals surface area contributed by atoms with E-state index in [0.717, 1.165) is 5.56 Å². The summed E-state index contributed by atoms with van der Waals surface area (Å²) >= 11 is 0. The van der Waals surface area contributed by atoms with Gasteiger partial charge in [-0.15, -0.1) is 0 Å². The summed E-state index contributed by atoms with van der Waals surface area (Å²) in [6.45, 7) is 10.5. The second-order valence-corrected chi connectivity index (χ2v) is 11.0. The van der Waals surface area contributed by atoms with Crippen LogP contribution in [0.25, 0.3) is 0 Å². The van der Waals surface area contributed by atoms with E-state index >= 15 is 0 Å². The van der Waals surface area contributed by atoms with Crippen molar-refractivity contribution in [3.63, 3.8) is 0 Å². The van der Waals surface area contributed by atoms with Crippen LogP contribution in [-0.2, 0) is 25.5 Å². The fourth-order valence-corrected chi connectivity index (χ4v) is 6.68. The van der Waals surface area contributed by atoms with E-state index in [4.69, 9.17) is 4.74 Å². The first-order chi connectivity index (χ1) is 17.4. The van der Waals surface area contributed by atoms with Crippen molar-refractivity contribution >= 4 is 17.7 Å². The molecule has 3 N–H and O–H groups in total. The minimum absolute atomic E-state index is 0.287. The van der Waals surface area contributed by atoms with Gasteiger partial charge in [-0.3, -0.25) is 14.4 Å². The van der Waals surface area contributed by atoms with Gasteiger partial charge < -0.3 is 20.3 Å². The van der Waals surface area contributed by atoms with Crippen LogP contribution in [0.3, 0.4) is 0 Å². The zero-order valence-electron chi connectivity index (χ0n) is 21.9. The van der Waals surface area contributed by atoms with Crippen LogP contribution in [0.5, 0.6) is 0 Å². The van der Waals surface area contributed by atoms with Crippen LogP contribution >= 0.6 is 0 Å². The molecule has 0 aromatic heterocycles. The van der Waals surface area contributed by atoms with E-state index in [9.17, 15) is 24.6 Å². The summed E-state index contributed by atoms with van der Waals surface area (Å²) in [5.74, 6) is -3.26. The Bertz CT molecular complexity index is 1140. The molecule has 4 rings (SSSR count). The maximum Gasteiger partial charge on any atom is 0.303 e. The van der Waals surface area contributed by atoms with E-state index in [1.807, 2.05) is 37.3 Å². The normalized spacial score (nSPS) is 41.6. The first kappa shape index (κ1) is 27.0. The Morgan fingerprint density at radius 2 is 1.86 bits per heavy atom. The van der Waals surface area contributed by atoms with Crippen LogP contribution in [-0.4, -0.2) is 51.7 Å². The number of nitrogens with one attached hydrogen (secondary N) is 1. The lowest BCUT2D eigenvalue weighted by Crippen LogP contribution is -2.60. The van der Waals surface area contributed by atoms with E-state index in [0.29, 0.717) is 18.4 Å². The predicted octanol–water partition coefficient (Wildman–Crippen LogP) is 2.92. The summed E-state index contributed by atoms with van der Waals surface area (Å²) in [5, 5.41) is 25.7. The lowest BCUT2D eigenvalue weighted by Gasteiger charge is -2.52. The van der Waals surface area contributed by atoms with Gasteiger partial charge in [0, 0.05) is 30.7 Å². The fourth-order valence-electron chi connectivity index (χ4n) is 6.68. The lowest BCUT2D eigenvalue weighted by atomic mass is 9.51. The summed E-state index contributed by atoms with van der Waals surface area (Å²) in [4.78, 5) is 39.5. The molecule has 1 aromatic rings. The Hall–Kier alpha value is -3.03. The monoisotopic (exact) mass is 507 g/mol. The maximum absolute atomic E-state index is 14.2. The average molecular weight is 508 g/mol. The van der Waals surface area contributed by atoms with E-state index in [1.54, 1.807) is 19.1 Å². The van der Waals surface area contributed by atoms with Crippen LogP contribution in [0, 0.1) is 29.1 Å². The largest absolute Gasteiger partial charge is 0.457 e. The Morgan fingerprint density at radius 1 is 1.19 bits per heavy atom. The second kappa shape index (κ2) is 10.0. The molecule has 1 saturated carbocycles. The van der Waals surface area contributed by atoms with Crippen molar-refractivity contribution in [3.05, 3.63) is 72.4 Å². The number of ether oxygens (including phenoxy) is 1. The number of amides is 1. The topological polar surface area (TPSA) is 113 Å². The van der Waals surface area contributed by atoms with Gasteiger partial charge in [0.15, 0.2) is 5.78 Å². The van der Waals surface area contributed by atoms with E-state index in [1.165, 1.54) is 26.0 Å². The highest BCUT2D eigenvalue weighted by molar-refractivity contribution is 5.91. The predicted molar refractivity (Wildman–Crippen MR) is 139 cm³/mol. The first-order valence-corrected chi connectivity index (χ1v) is 12.9. The molecule has 9 atom stereocenters. The Morgan fingerprint density at radius 3 is 2.51 bits per heavy atom. The molecular formula is C30H37NO6. The van der Waals surface area contributed by atoms with Gasteiger partial charge >= 0.3 is 5.97 Å². The molecule has 0 bridgehead atoms. The molecule has 1 aromatic carbocycles. The average Bonchev–Trinajstić information content (AvgIpc) is 3.13. The number of esters is 1. The van der Waals surface area contributed by atoms with E-state index in [-0.39, 0.29) is 23.7 Å². The number of ketones is 1. The molecule has 1 aliphatic heterocycles. The molecule has 37 heavy (non-hydrogen) atoms. The zero-order valence-corrected chi connectivity index (χ0v) is 21.9. The number of carbonyl (C=O) groups is 3. The molecule has 7 nitrogen and oxygen atoms in total. The van der Waals surface area contributed by atoms with Gasteiger partial charge in [0.05, 0.1) is 6.10 Å². The summed E-state index contributed by atoms with van der Waals surface area (Å²) in [6.07, 6.45) is 5.01. The minimum atomic E-state index is -1.82. The molecule has 2 fully saturated rings. The molecule has 3 aliphatic rings. The number of allylic oxidation sites excluding steroid dienone is 1. The van der Waals surface area contributed by atoms with Gasteiger partial charge in [-0.2, -0.15) is 0 Å².